The Balaban J connectivity index is 1.41. The number of carbonyl (C=O) groups excluding carboxylic acids is 1. The highest BCUT2D eigenvalue weighted by Gasteiger charge is 2.46. The molecule has 0 saturated carbocycles. The summed E-state index contributed by atoms with van der Waals surface area (Å²) in [5, 5.41) is 10.7. The van der Waals surface area contributed by atoms with Gasteiger partial charge in [0.2, 0.25) is 12.2 Å². The molecule has 4 rings (SSSR count). The van der Waals surface area contributed by atoms with E-state index in [4.69, 9.17) is 15.3 Å². The van der Waals surface area contributed by atoms with Crippen molar-refractivity contribution in [1.82, 2.24) is 5.06 Å². The third-order valence-corrected chi connectivity index (χ3v) is 4.28. The molecule has 0 spiro atoms. The number of anilines is 1. The number of rotatable bonds is 4. The summed E-state index contributed by atoms with van der Waals surface area (Å²) in [4.78, 5) is 17.0. The van der Waals surface area contributed by atoms with Gasteiger partial charge >= 0.3 is 0 Å². The molecular formula is C18H18N2O4. The van der Waals surface area contributed by atoms with Gasteiger partial charge in [0.1, 0.15) is 6.10 Å². The van der Waals surface area contributed by atoms with E-state index in [-0.39, 0.29) is 12.0 Å². The van der Waals surface area contributed by atoms with E-state index < -0.39 is 12.5 Å². The zero-order valence-electron chi connectivity index (χ0n) is 13.0. The average molecular weight is 326 g/mol. The summed E-state index contributed by atoms with van der Waals surface area (Å²) in [6, 6.07) is 15.7. The van der Waals surface area contributed by atoms with Gasteiger partial charge in [0.25, 0.3) is 0 Å². The minimum Gasteiger partial charge on any atom is -0.399 e. The van der Waals surface area contributed by atoms with E-state index in [9.17, 15) is 9.90 Å². The molecular weight excluding hydrogens is 308 g/mol. The first-order chi connectivity index (χ1) is 11.6. The molecule has 2 saturated heterocycles. The van der Waals surface area contributed by atoms with Crippen molar-refractivity contribution in [3.63, 3.8) is 0 Å². The Morgan fingerprint density at radius 1 is 1.08 bits per heavy atom. The van der Waals surface area contributed by atoms with Crippen molar-refractivity contribution in [3.05, 3.63) is 54.1 Å². The molecule has 1 amide bonds. The van der Waals surface area contributed by atoms with Crippen LogP contribution in [0.3, 0.4) is 0 Å². The van der Waals surface area contributed by atoms with Crippen molar-refractivity contribution in [3.8, 4) is 11.1 Å². The van der Waals surface area contributed by atoms with Crippen molar-refractivity contribution >= 4 is 11.6 Å². The van der Waals surface area contributed by atoms with Gasteiger partial charge in [-0.3, -0.25) is 4.79 Å². The highest BCUT2D eigenvalue weighted by atomic mass is 16.9. The number of epoxide rings is 1. The lowest BCUT2D eigenvalue weighted by Gasteiger charge is -2.17. The van der Waals surface area contributed by atoms with Gasteiger partial charge in [0.15, 0.2) is 6.23 Å². The number of hydrogen-bond acceptors (Lipinski definition) is 5. The summed E-state index contributed by atoms with van der Waals surface area (Å²) in [5.41, 5.74) is 9.59. The van der Waals surface area contributed by atoms with Crippen LogP contribution in [0.25, 0.3) is 11.1 Å². The molecule has 3 unspecified atom stereocenters. The number of benzene rings is 2. The number of nitrogens with two attached hydrogens (primary N) is 1. The average Bonchev–Trinajstić information content (AvgIpc) is 3.30. The topological polar surface area (TPSA) is 88.3 Å². The van der Waals surface area contributed by atoms with Crippen molar-refractivity contribution in [2.75, 3.05) is 5.73 Å². The van der Waals surface area contributed by atoms with Gasteiger partial charge in [0, 0.05) is 18.5 Å². The Kier molecular flexibility index (Phi) is 3.72. The highest BCUT2D eigenvalue weighted by molar-refractivity contribution is 5.77. The molecule has 2 fully saturated rings. The molecule has 2 aliphatic heterocycles. The van der Waals surface area contributed by atoms with Crippen LogP contribution in [0.15, 0.2) is 48.5 Å². The maximum absolute atomic E-state index is 11.6. The second-order valence-corrected chi connectivity index (χ2v) is 6.01. The van der Waals surface area contributed by atoms with E-state index in [1.165, 1.54) is 0 Å². The lowest BCUT2D eigenvalue weighted by molar-refractivity contribution is -0.238. The maximum atomic E-state index is 11.6. The number of aliphatic hydroxyl groups is 1. The molecule has 0 aliphatic carbocycles. The molecule has 24 heavy (non-hydrogen) atoms. The van der Waals surface area contributed by atoms with E-state index in [0.717, 1.165) is 27.4 Å². The standard InChI is InChI=1S/C18H18N2O4/c19-14-7-5-12(6-8-14)11-1-3-13(4-2-11)17-18(23-17)24-20-15(21)9-10-16(20)22/h1-8,15,17-18,21H,9-10,19H2. The Hall–Kier alpha value is -2.41. The first-order valence-electron chi connectivity index (χ1n) is 7.90. The molecule has 6 heteroatoms. The van der Waals surface area contributed by atoms with Gasteiger partial charge in [-0.15, -0.1) is 0 Å². The summed E-state index contributed by atoms with van der Waals surface area (Å²) in [6.07, 6.45) is -0.924. The number of nitrogen functional groups attached to an aromatic ring is 1. The zero-order chi connectivity index (χ0) is 16.7. The predicted octanol–water partition coefficient (Wildman–Crippen LogP) is 2.21. The van der Waals surface area contributed by atoms with Crippen LogP contribution in [0, 0.1) is 0 Å². The van der Waals surface area contributed by atoms with Crippen molar-refractivity contribution in [2.24, 2.45) is 0 Å². The van der Waals surface area contributed by atoms with Crippen LogP contribution in [-0.2, 0) is 14.4 Å². The fourth-order valence-electron chi connectivity index (χ4n) is 2.84. The van der Waals surface area contributed by atoms with Crippen molar-refractivity contribution < 1.29 is 19.5 Å². The maximum Gasteiger partial charge on any atom is 0.248 e. The summed E-state index contributed by atoms with van der Waals surface area (Å²) >= 11 is 0. The van der Waals surface area contributed by atoms with E-state index >= 15 is 0 Å². The first kappa shape index (κ1) is 15.1. The summed E-state index contributed by atoms with van der Waals surface area (Å²) < 4.78 is 5.48. The van der Waals surface area contributed by atoms with Gasteiger partial charge in [-0.25, -0.2) is 4.84 Å². The fourth-order valence-corrected chi connectivity index (χ4v) is 2.84. The number of ether oxygens (including phenoxy) is 1. The minimum absolute atomic E-state index is 0.213. The Morgan fingerprint density at radius 3 is 2.29 bits per heavy atom. The van der Waals surface area contributed by atoms with Gasteiger partial charge < -0.3 is 15.6 Å². The second-order valence-electron chi connectivity index (χ2n) is 6.01. The molecule has 2 aliphatic rings. The number of nitrogens with zero attached hydrogens (tertiary/aromatic N) is 1. The van der Waals surface area contributed by atoms with Crippen LogP contribution in [-0.4, -0.2) is 28.6 Å². The van der Waals surface area contributed by atoms with Gasteiger partial charge in [0.05, 0.1) is 0 Å². The lowest BCUT2D eigenvalue weighted by atomic mass is 10.0. The van der Waals surface area contributed by atoms with Crippen LogP contribution in [0.5, 0.6) is 0 Å². The Bertz CT molecular complexity index is 745. The predicted molar refractivity (Wildman–Crippen MR) is 87.1 cm³/mol. The molecule has 2 aromatic carbocycles. The summed E-state index contributed by atoms with van der Waals surface area (Å²) in [5.74, 6) is -0.213. The van der Waals surface area contributed by atoms with E-state index in [1.54, 1.807) is 0 Å². The Morgan fingerprint density at radius 2 is 1.71 bits per heavy atom. The summed E-state index contributed by atoms with van der Waals surface area (Å²) in [6.45, 7) is 0. The summed E-state index contributed by atoms with van der Waals surface area (Å²) in [7, 11) is 0. The zero-order valence-corrected chi connectivity index (χ0v) is 13.0. The molecule has 0 bridgehead atoms. The largest absolute Gasteiger partial charge is 0.399 e. The molecule has 3 atom stereocenters. The number of carbonyl (C=O) groups is 1. The van der Waals surface area contributed by atoms with Gasteiger partial charge in [-0.2, -0.15) is 5.06 Å². The van der Waals surface area contributed by atoms with E-state index in [0.29, 0.717) is 12.8 Å². The molecule has 0 radical (unpaired) electrons. The van der Waals surface area contributed by atoms with Gasteiger partial charge in [-0.05, 0) is 28.8 Å². The van der Waals surface area contributed by atoms with Gasteiger partial charge in [-0.1, -0.05) is 36.4 Å². The van der Waals surface area contributed by atoms with E-state index in [1.807, 2.05) is 48.5 Å². The molecule has 2 heterocycles. The third kappa shape index (κ3) is 2.87. The molecule has 3 N–H and O–H groups in total. The second kappa shape index (κ2) is 5.90. The smallest absolute Gasteiger partial charge is 0.248 e. The SMILES string of the molecule is Nc1ccc(-c2ccc(C3OC3ON3C(=O)CCC3O)cc2)cc1. The first-order valence-corrected chi connectivity index (χ1v) is 7.90. The van der Waals surface area contributed by atoms with E-state index in [2.05, 4.69) is 0 Å². The molecule has 2 aromatic rings. The van der Waals surface area contributed by atoms with Crippen LogP contribution in [0.1, 0.15) is 24.5 Å². The highest BCUT2D eigenvalue weighted by Crippen LogP contribution is 2.41. The van der Waals surface area contributed by atoms with Crippen molar-refractivity contribution in [1.29, 1.82) is 0 Å². The lowest BCUT2D eigenvalue weighted by Crippen LogP contribution is -2.33. The Labute approximate surface area is 139 Å². The minimum atomic E-state index is -0.879. The molecule has 0 aromatic heterocycles. The van der Waals surface area contributed by atoms with Crippen LogP contribution in [0.2, 0.25) is 0 Å². The number of hydrogen-bond donors (Lipinski definition) is 2. The monoisotopic (exact) mass is 326 g/mol. The van der Waals surface area contributed by atoms with Crippen LogP contribution >= 0.6 is 0 Å². The number of aliphatic hydroxyl groups excluding tert-OH is 1. The quantitative estimate of drug-likeness (QED) is 0.664. The van der Waals surface area contributed by atoms with Crippen LogP contribution in [0.4, 0.5) is 5.69 Å². The number of hydroxylamine groups is 2. The third-order valence-electron chi connectivity index (χ3n) is 4.28. The normalized spacial score (nSPS) is 26.0. The molecule has 6 nitrogen and oxygen atoms in total. The molecule has 124 valence electrons. The fraction of sp³-hybridized carbons (Fsp3) is 0.278. The number of amides is 1. The van der Waals surface area contributed by atoms with Crippen molar-refractivity contribution in [2.45, 2.75) is 31.5 Å². The van der Waals surface area contributed by atoms with Crippen LogP contribution < -0.4 is 5.73 Å².